The Kier molecular flexibility index (Phi) is 7.13. The van der Waals surface area contributed by atoms with E-state index in [-0.39, 0.29) is 17.1 Å². The minimum Gasteiger partial charge on any atom is -0.493 e. The van der Waals surface area contributed by atoms with Crippen LogP contribution in [0, 0.1) is 0 Å². The van der Waals surface area contributed by atoms with Crippen molar-refractivity contribution in [2.24, 2.45) is 5.16 Å². The molecule has 2 N–H and O–H groups in total. The van der Waals surface area contributed by atoms with Gasteiger partial charge in [-0.25, -0.2) is 0 Å². The first-order chi connectivity index (χ1) is 9.93. The van der Waals surface area contributed by atoms with Crippen LogP contribution in [0.1, 0.15) is 5.56 Å². The number of benzene rings is 1. The lowest BCUT2D eigenvalue weighted by atomic mass is 10.1. The van der Waals surface area contributed by atoms with Crippen molar-refractivity contribution in [3.63, 3.8) is 0 Å². The van der Waals surface area contributed by atoms with Crippen LogP contribution in [0.2, 0.25) is 0 Å². The molecule has 22 heavy (non-hydrogen) atoms. The van der Waals surface area contributed by atoms with Crippen LogP contribution in [0.3, 0.4) is 0 Å². The number of halogens is 3. The van der Waals surface area contributed by atoms with Crippen LogP contribution in [-0.4, -0.2) is 50.5 Å². The van der Waals surface area contributed by atoms with Crippen molar-refractivity contribution in [3.8, 4) is 11.5 Å². The number of hydrogen-bond donors (Lipinski definition) is 2. The Bertz CT molecular complexity index is 619. The zero-order chi connectivity index (χ0) is 17.6. The number of alkyl halides is 3. The van der Waals surface area contributed by atoms with E-state index >= 15 is 0 Å². The molecule has 0 atom stereocenters. The molecule has 0 radical (unpaired) electrons. The predicted molar refractivity (Wildman–Crippen MR) is 71.4 cm³/mol. The summed E-state index contributed by atoms with van der Waals surface area (Å²) in [6.07, 6.45) is -4.03. The zero-order valence-electron chi connectivity index (χ0n) is 11.7. The van der Waals surface area contributed by atoms with Crippen molar-refractivity contribution in [2.75, 3.05) is 20.5 Å². The second-order valence-electron chi connectivity index (χ2n) is 3.75. The summed E-state index contributed by atoms with van der Waals surface area (Å²) in [5, 5.41) is 10.7. The molecule has 0 saturated carbocycles. The Hall–Kier alpha value is -2.01. The van der Waals surface area contributed by atoms with Gasteiger partial charge in [-0.2, -0.15) is 21.6 Å². The maximum atomic E-state index is 12.5. The standard InChI is InChI=1S/C10H10F3NO3.CH4O3S/c1-16-7-4-3-6(5-8(7)17-2)9(14-15)10(11,12)13;1-5(2,3)4/h3-5,15H,1-2H3;1H3,(H,2,3,4). The van der Waals surface area contributed by atoms with Crippen molar-refractivity contribution in [1.29, 1.82) is 0 Å². The van der Waals surface area contributed by atoms with Gasteiger partial charge in [0.15, 0.2) is 17.2 Å². The van der Waals surface area contributed by atoms with Gasteiger partial charge >= 0.3 is 6.18 Å². The zero-order valence-corrected chi connectivity index (χ0v) is 12.6. The van der Waals surface area contributed by atoms with Gasteiger partial charge < -0.3 is 14.7 Å². The summed E-state index contributed by atoms with van der Waals surface area (Å²) in [5.74, 6) is 0.408. The topological polar surface area (TPSA) is 105 Å². The molecule has 0 spiro atoms. The van der Waals surface area contributed by atoms with E-state index in [0.717, 1.165) is 12.1 Å². The number of methoxy groups -OCH3 is 2. The van der Waals surface area contributed by atoms with Crippen LogP contribution >= 0.6 is 0 Å². The molecule has 0 aliphatic heterocycles. The molecule has 0 aromatic heterocycles. The fourth-order valence-corrected chi connectivity index (χ4v) is 1.26. The average molecular weight is 345 g/mol. The van der Waals surface area contributed by atoms with Crippen LogP contribution in [0.5, 0.6) is 11.5 Å². The van der Waals surface area contributed by atoms with Gasteiger partial charge in [0.2, 0.25) is 0 Å². The first kappa shape index (κ1) is 20.0. The third-order valence-electron chi connectivity index (χ3n) is 2.03. The van der Waals surface area contributed by atoms with Gasteiger partial charge in [-0.15, -0.1) is 0 Å². The number of rotatable bonds is 3. The van der Waals surface area contributed by atoms with E-state index in [1.165, 1.54) is 20.3 Å². The molecule has 0 saturated heterocycles. The van der Waals surface area contributed by atoms with Crippen molar-refractivity contribution < 1.29 is 40.8 Å². The lowest BCUT2D eigenvalue weighted by molar-refractivity contribution is -0.0601. The van der Waals surface area contributed by atoms with Crippen LogP contribution < -0.4 is 9.47 Å². The summed E-state index contributed by atoms with van der Waals surface area (Å²) in [5.41, 5.74) is -1.70. The smallest absolute Gasteiger partial charge is 0.437 e. The van der Waals surface area contributed by atoms with Crippen LogP contribution in [-0.2, 0) is 10.1 Å². The molecule has 0 aliphatic carbocycles. The number of oxime groups is 1. The van der Waals surface area contributed by atoms with Crippen LogP contribution in [0.15, 0.2) is 23.4 Å². The van der Waals surface area contributed by atoms with Gasteiger partial charge in [0.25, 0.3) is 10.1 Å². The monoisotopic (exact) mass is 345 g/mol. The molecular weight excluding hydrogens is 331 g/mol. The molecule has 126 valence electrons. The summed E-state index contributed by atoms with van der Waals surface area (Å²) in [4.78, 5) is 0. The summed E-state index contributed by atoms with van der Waals surface area (Å²) < 4.78 is 73.0. The SMILES string of the molecule is COc1ccc(C(=NO)C(F)(F)F)cc1OC.CS(=O)(=O)O. The third-order valence-corrected chi connectivity index (χ3v) is 2.03. The second-order valence-corrected chi connectivity index (χ2v) is 5.22. The summed E-state index contributed by atoms with van der Waals surface area (Å²) in [6, 6.07) is 3.51. The molecule has 0 heterocycles. The van der Waals surface area contributed by atoms with Crippen molar-refractivity contribution >= 4 is 15.8 Å². The Labute approximate surface area is 124 Å². The Morgan fingerprint density at radius 3 is 1.95 bits per heavy atom. The molecule has 0 bridgehead atoms. The van der Waals surface area contributed by atoms with E-state index < -0.39 is 22.0 Å². The predicted octanol–water partition coefficient (Wildman–Crippen LogP) is 1.95. The van der Waals surface area contributed by atoms with Crippen LogP contribution in [0.4, 0.5) is 13.2 Å². The normalized spacial score (nSPS) is 12.2. The molecule has 1 aromatic carbocycles. The van der Waals surface area contributed by atoms with E-state index in [1.807, 2.05) is 0 Å². The molecule has 7 nitrogen and oxygen atoms in total. The maximum Gasteiger partial charge on any atom is 0.437 e. The first-order valence-electron chi connectivity index (χ1n) is 5.38. The molecule has 0 unspecified atom stereocenters. The number of nitrogens with zero attached hydrogens (tertiary/aromatic N) is 1. The van der Waals surface area contributed by atoms with Gasteiger partial charge in [-0.05, 0) is 18.2 Å². The minimum absolute atomic E-state index is 0.121. The quantitative estimate of drug-likeness (QED) is 0.375. The Balaban J connectivity index is 0.000000763. The molecule has 1 rings (SSSR count). The minimum atomic E-state index is -4.74. The molecule has 11 heteroatoms. The summed E-state index contributed by atoms with van der Waals surface area (Å²) in [7, 11) is -1.01. The summed E-state index contributed by atoms with van der Waals surface area (Å²) >= 11 is 0. The third kappa shape index (κ3) is 7.13. The highest BCUT2D eigenvalue weighted by molar-refractivity contribution is 7.85. The van der Waals surface area contributed by atoms with E-state index in [9.17, 15) is 21.6 Å². The van der Waals surface area contributed by atoms with Crippen molar-refractivity contribution in [3.05, 3.63) is 23.8 Å². The van der Waals surface area contributed by atoms with E-state index in [1.54, 1.807) is 0 Å². The van der Waals surface area contributed by atoms with Crippen LogP contribution in [0.25, 0.3) is 0 Å². The molecular formula is C11H14F3NO6S. The van der Waals surface area contributed by atoms with Crippen molar-refractivity contribution in [1.82, 2.24) is 0 Å². The Morgan fingerprint density at radius 2 is 1.64 bits per heavy atom. The molecule has 0 amide bonds. The van der Waals surface area contributed by atoms with Gasteiger partial charge in [0, 0.05) is 5.56 Å². The average Bonchev–Trinajstić information content (AvgIpc) is 2.35. The maximum absolute atomic E-state index is 12.5. The van der Waals surface area contributed by atoms with E-state index in [2.05, 4.69) is 5.16 Å². The van der Waals surface area contributed by atoms with E-state index in [4.69, 9.17) is 19.2 Å². The van der Waals surface area contributed by atoms with Gasteiger partial charge in [0.05, 0.1) is 20.5 Å². The largest absolute Gasteiger partial charge is 0.493 e. The molecule has 0 aliphatic rings. The summed E-state index contributed by atoms with van der Waals surface area (Å²) in [6.45, 7) is 0. The van der Waals surface area contributed by atoms with Gasteiger partial charge in [0.1, 0.15) is 0 Å². The fraction of sp³-hybridized carbons (Fsp3) is 0.364. The van der Waals surface area contributed by atoms with E-state index in [0.29, 0.717) is 6.26 Å². The highest BCUT2D eigenvalue weighted by Crippen LogP contribution is 2.30. The molecule has 1 aromatic rings. The first-order valence-corrected chi connectivity index (χ1v) is 7.23. The number of ether oxygens (including phenoxy) is 2. The lowest BCUT2D eigenvalue weighted by Crippen LogP contribution is -2.24. The van der Waals surface area contributed by atoms with Gasteiger partial charge in [-0.3, -0.25) is 4.55 Å². The second kappa shape index (κ2) is 7.84. The fourth-order valence-electron chi connectivity index (χ4n) is 1.26. The number of hydrogen-bond acceptors (Lipinski definition) is 6. The van der Waals surface area contributed by atoms with Crippen molar-refractivity contribution in [2.45, 2.75) is 6.18 Å². The highest BCUT2D eigenvalue weighted by atomic mass is 32.2. The Morgan fingerprint density at radius 1 is 1.18 bits per heavy atom. The highest BCUT2D eigenvalue weighted by Gasteiger charge is 2.38. The molecule has 0 fully saturated rings. The lowest BCUT2D eigenvalue weighted by Gasteiger charge is -2.12. The van der Waals surface area contributed by atoms with Gasteiger partial charge in [-0.1, -0.05) is 5.16 Å².